The van der Waals surface area contributed by atoms with Crippen LogP contribution in [0.2, 0.25) is 0 Å². The van der Waals surface area contributed by atoms with Gasteiger partial charge in [-0.05, 0) is 42.0 Å². The molecule has 0 atom stereocenters. The van der Waals surface area contributed by atoms with E-state index in [4.69, 9.17) is 9.47 Å². The normalized spacial score (nSPS) is 15.0. The molecule has 0 radical (unpaired) electrons. The minimum Gasteiger partial charge on any atom is -0.457 e. The number of rotatable bonds is 6. The van der Waals surface area contributed by atoms with Crippen molar-refractivity contribution in [1.29, 1.82) is 0 Å². The highest BCUT2D eigenvalue weighted by atomic mass is 16.5. The number of hydrogen-bond donors (Lipinski definition) is 1. The molecule has 0 saturated carbocycles. The summed E-state index contributed by atoms with van der Waals surface area (Å²) in [5, 5.41) is 2.79. The summed E-state index contributed by atoms with van der Waals surface area (Å²) < 4.78 is 11.4. The van der Waals surface area contributed by atoms with Gasteiger partial charge in [0.2, 0.25) is 5.76 Å². The first-order valence-electron chi connectivity index (χ1n) is 10.9. The van der Waals surface area contributed by atoms with Crippen LogP contribution in [-0.4, -0.2) is 40.8 Å². The number of carbonyl (C=O) groups excluding carboxylic acids is 2. The van der Waals surface area contributed by atoms with Crippen LogP contribution in [0.4, 0.5) is 10.5 Å². The minimum atomic E-state index is -0.430. The number of hydrogen-bond acceptors (Lipinski definition) is 5. The van der Waals surface area contributed by atoms with Crippen LogP contribution in [0.5, 0.6) is 11.5 Å². The Kier molecular flexibility index (Phi) is 5.94. The summed E-state index contributed by atoms with van der Waals surface area (Å²) in [4.78, 5) is 32.7. The zero-order valence-corrected chi connectivity index (χ0v) is 18.3. The van der Waals surface area contributed by atoms with Gasteiger partial charge in [0.25, 0.3) is 5.91 Å². The molecular formula is C26H22N4O4. The molecule has 0 fully saturated rings. The Hall–Kier alpha value is -4.59. The van der Waals surface area contributed by atoms with Crippen LogP contribution in [0.1, 0.15) is 5.56 Å². The third kappa shape index (κ3) is 4.91. The van der Waals surface area contributed by atoms with E-state index in [1.807, 2.05) is 60.7 Å². The number of nitrogens with one attached hydrogen (secondary N) is 1. The van der Waals surface area contributed by atoms with E-state index in [0.29, 0.717) is 31.1 Å². The molecular weight excluding hydrogens is 432 g/mol. The number of para-hydroxylation sites is 1. The van der Waals surface area contributed by atoms with Gasteiger partial charge >= 0.3 is 12.1 Å². The van der Waals surface area contributed by atoms with Crippen LogP contribution >= 0.6 is 0 Å². The van der Waals surface area contributed by atoms with Crippen molar-refractivity contribution in [2.24, 2.45) is 4.99 Å². The molecule has 8 nitrogen and oxygen atoms in total. The lowest BCUT2D eigenvalue weighted by Crippen LogP contribution is -2.31. The molecule has 2 aliphatic rings. The van der Waals surface area contributed by atoms with E-state index < -0.39 is 11.9 Å². The zero-order chi connectivity index (χ0) is 23.3. The molecule has 0 aliphatic carbocycles. The molecule has 0 saturated heterocycles. The molecule has 3 amide bonds. The second kappa shape index (κ2) is 9.50. The molecule has 0 bridgehead atoms. The van der Waals surface area contributed by atoms with Gasteiger partial charge in [0.1, 0.15) is 11.5 Å². The molecule has 170 valence electrons. The van der Waals surface area contributed by atoms with Gasteiger partial charge in [-0.2, -0.15) is 0 Å². The predicted molar refractivity (Wildman–Crippen MR) is 127 cm³/mol. The lowest BCUT2D eigenvalue weighted by molar-refractivity contribution is -0.114. The number of anilines is 1. The first kappa shape index (κ1) is 21.3. The molecule has 0 spiro atoms. The summed E-state index contributed by atoms with van der Waals surface area (Å²) in [5.41, 5.74) is 1.61. The van der Waals surface area contributed by atoms with Gasteiger partial charge in [-0.25, -0.2) is 4.79 Å². The second-order valence-corrected chi connectivity index (χ2v) is 7.77. The fourth-order valence-corrected chi connectivity index (χ4v) is 3.58. The van der Waals surface area contributed by atoms with E-state index in [2.05, 4.69) is 10.3 Å². The quantitative estimate of drug-likeness (QED) is 0.589. The molecule has 2 heterocycles. The van der Waals surface area contributed by atoms with E-state index in [9.17, 15) is 9.59 Å². The Bertz CT molecular complexity index is 1240. The molecule has 8 heteroatoms. The third-order valence-electron chi connectivity index (χ3n) is 5.32. The molecule has 34 heavy (non-hydrogen) atoms. The number of amides is 3. The molecule has 0 aromatic heterocycles. The maximum absolute atomic E-state index is 12.7. The molecule has 0 unspecified atom stereocenters. The van der Waals surface area contributed by atoms with Crippen LogP contribution in [0.25, 0.3) is 0 Å². The standard InChI is InChI=1S/C26H22N4O4/c31-24(27-20-11-13-22(14-12-20)33-21-9-5-2-6-10-21)23-18-30-16-15-29(25(32)28-26(30)34-23)17-19-7-3-1-4-8-19/h1-14,18H,15-17H2,(H,27,31). The summed E-state index contributed by atoms with van der Waals surface area (Å²) in [6.45, 7) is 1.39. The number of urea groups is 1. The topological polar surface area (TPSA) is 83.5 Å². The first-order valence-corrected chi connectivity index (χ1v) is 10.9. The van der Waals surface area contributed by atoms with Crippen molar-refractivity contribution in [2.45, 2.75) is 6.54 Å². The average Bonchev–Trinajstić information content (AvgIpc) is 3.20. The predicted octanol–water partition coefficient (Wildman–Crippen LogP) is 4.58. The van der Waals surface area contributed by atoms with Crippen LogP contribution < -0.4 is 10.1 Å². The van der Waals surface area contributed by atoms with E-state index >= 15 is 0 Å². The van der Waals surface area contributed by atoms with E-state index in [0.717, 1.165) is 11.3 Å². The maximum Gasteiger partial charge on any atom is 0.348 e. The number of amidine groups is 1. The number of ether oxygens (including phenoxy) is 2. The summed E-state index contributed by atoms with van der Waals surface area (Å²) in [5.74, 6) is 1.03. The van der Waals surface area contributed by atoms with Crippen molar-refractivity contribution < 1.29 is 19.1 Å². The fourth-order valence-electron chi connectivity index (χ4n) is 3.58. The Morgan fingerprint density at radius 1 is 0.912 bits per heavy atom. The maximum atomic E-state index is 12.7. The van der Waals surface area contributed by atoms with E-state index in [1.165, 1.54) is 0 Å². The number of fused-ring (bicyclic) bond motifs is 1. The summed E-state index contributed by atoms with van der Waals surface area (Å²) in [7, 11) is 0. The van der Waals surface area contributed by atoms with Crippen molar-refractivity contribution in [1.82, 2.24) is 9.80 Å². The lowest BCUT2D eigenvalue weighted by atomic mass is 10.2. The second-order valence-electron chi connectivity index (χ2n) is 7.77. The Morgan fingerprint density at radius 2 is 1.59 bits per heavy atom. The van der Waals surface area contributed by atoms with Gasteiger partial charge in [0, 0.05) is 25.3 Å². The number of aliphatic imine (C=N–C) groups is 1. The zero-order valence-electron chi connectivity index (χ0n) is 18.3. The number of benzene rings is 3. The average molecular weight is 454 g/mol. The Morgan fingerprint density at radius 3 is 2.32 bits per heavy atom. The highest BCUT2D eigenvalue weighted by Gasteiger charge is 2.31. The van der Waals surface area contributed by atoms with Crippen molar-refractivity contribution >= 4 is 23.6 Å². The van der Waals surface area contributed by atoms with Crippen LogP contribution in [0.3, 0.4) is 0 Å². The Balaban J connectivity index is 1.19. The van der Waals surface area contributed by atoms with E-state index in [-0.39, 0.29) is 11.8 Å². The van der Waals surface area contributed by atoms with Crippen molar-refractivity contribution in [2.75, 3.05) is 18.4 Å². The molecule has 2 aliphatic heterocycles. The number of carbonyl (C=O) groups is 2. The van der Waals surface area contributed by atoms with Gasteiger partial charge in [-0.1, -0.05) is 48.5 Å². The lowest BCUT2D eigenvalue weighted by Gasteiger charge is -2.19. The third-order valence-corrected chi connectivity index (χ3v) is 5.32. The summed E-state index contributed by atoms with van der Waals surface area (Å²) in [6.07, 6.45) is 1.57. The van der Waals surface area contributed by atoms with Gasteiger partial charge in [0.15, 0.2) is 0 Å². The molecule has 5 rings (SSSR count). The smallest absolute Gasteiger partial charge is 0.348 e. The van der Waals surface area contributed by atoms with E-state index in [1.54, 1.807) is 40.3 Å². The summed E-state index contributed by atoms with van der Waals surface area (Å²) in [6, 6.07) is 25.9. The minimum absolute atomic E-state index is 0.0765. The Labute approximate surface area is 196 Å². The molecule has 3 aromatic rings. The largest absolute Gasteiger partial charge is 0.457 e. The highest BCUT2D eigenvalue weighted by Crippen LogP contribution is 2.24. The summed E-state index contributed by atoms with van der Waals surface area (Å²) >= 11 is 0. The van der Waals surface area contributed by atoms with Gasteiger partial charge in [-0.3, -0.25) is 9.69 Å². The molecule has 3 aromatic carbocycles. The number of nitrogens with zero attached hydrogens (tertiary/aromatic N) is 3. The van der Waals surface area contributed by atoms with Crippen molar-refractivity contribution in [3.05, 3.63) is 102 Å². The first-order chi connectivity index (χ1) is 16.6. The van der Waals surface area contributed by atoms with Crippen molar-refractivity contribution in [3.8, 4) is 11.5 Å². The fraction of sp³-hybridized carbons (Fsp3) is 0.115. The monoisotopic (exact) mass is 454 g/mol. The SMILES string of the molecule is O=C(Nc1ccc(Oc2ccccc2)cc1)C1=CN2CCN(Cc3ccccc3)C(=O)N=C2O1. The van der Waals surface area contributed by atoms with Gasteiger partial charge < -0.3 is 19.7 Å². The van der Waals surface area contributed by atoms with Crippen molar-refractivity contribution in [3.63, 3.8) is 0 Å². The van der Waals surface area contributed by atoms with Gasteiger partial charge in [0.05, 0.1) is 6.20 Å². The van der Waals surface area contributed by atoms with Gasteiger partial charge in [-0.15, -0.1) is 4.99 Å². The van der Waals surface area contributed by atoms with Crippen LogP contribution in [0.15, 0.2) is 102 Å². The van der Waals surface area contributed by atoms with Crippen LogP contribution in [-0.2, 0) is 16.1 Å². The molecule has 1 N–H and O–H groups in total. The highest BCUT2D eigenvalue weighted by molar-refractivity contribution is 6.06. The van der Waals surface area contributed by atoms with Crippen LogP contribution in [0, 0.1) is 0 Å².